The molecule has 2 rings (SSSR count). The lowest BCUT2D eigenvalue weighted by Crippen LogP contribution is -2.71. The van der Waals surface area contributed by atoms with Gasteiger partial charge in [-0.25, -0.2) is 10.1 Å². The van der Waals surface area contributed by atoms with Gasteiger partial charge in [-0.3, -0.25) is 0 Å². The lowest BCUT2D eigenvalue weighted by molar-refractivity contribution is 0.535. The van der Waals surface area contributed by atoms with E-state index in [1.807, 2.05) is 0 Å². The molecule has 6 nitrogen and oxygen atoms in total. The van der Waals surface area contributed by atoms with Crippen molar-refractivity contribution in [1.29, 1.82) is 0 Å². The van der Waals surface area contributed by atoms with E-state index in [4.69, 9.17) is 0 Å². The molecule has 1 radical (unpaired) electrons. The molecule has 0 spiro atoms. The Kier molecular flexibility index (Phi) is 5.06. The monoisotopic (exact) mass is 277 g/mol. The first-order valence-corrected chi connectivity index (χ1v) is 8.14. The number of anilines is 1. The van der Waals surface area contributed by atoms with Gasteiger partial charge in [0.1, 0.15) is 6.33 Å². The summed E-state index contributed by atoms with van der Waals surface area (Å²) in [6, 6.07) is 0. The van der Waals surface area contributed by atoms with Gasteiger partial charge in [-0.15, -0.1) is 0 Å². The first-order chi connectivity index (χ1) is 9.15. The Morgan fingerprint density at radius 3 is 2.74 bits per heavy atom. The summed E-state index contributed by atoms with van der Waals surface area (Å²) in [7, 11) is 2.26. The number of nitrogens with one attached hydrogen (secondary N) is 1. The van der Waals surface area contributed by atoms with Crippen LogP contribution >= 0.6 is 0 Å². The van der Waals surface area contributed by atoms with Crippen molar-refractivity contribution >= 4 is 29.8 Å². The van der Waals surface area contributed by atoms with Crippen LogP contribution in [-0.2, 0) is 0 Å². The molecule has 1 aromatic rings. The summed E-state index contributed by atoms with van der Waals surface area (Å²) >= 11 is 0. The van der Waals surface area contributed by atoms with Crippen LogP contribution < -0.4 is 4.48 Å². The minimum absolute atomic E-state index is 0.0591. The largest absolute Gasteiger partial charge is 0.389 e. The van der Waals surface area contributed by atoms with E-state index in [9.17, 15) is 0 Å². The summed E-state index contributed by atoms with van der Waals surface area (Å²) in [5.74, 6) is 0.891. The standard InChI is InChI=1S/C10H23B2N6Si/c1-5-6-7-8-17-11(2)16(4)19-18(12(17)3)10-13-9-14-15-10/h9,19H,5-8H2,1-4H3,(H,13,14,15). The van der Waals surface area contributed by atoms with E-state index >= 15 is 0 Å². The highest BCUT2D eigenvalue weighted by Gasteiger charge is 2.40. The maximum absolute atomic E-state index is 4.31. The van der Waals surface area contributed by atoms with Crippen molar-refractivity contribution < 1.29 is 0 Å². The topological polar surface area (TPSA) is 51.3 Å². The number of rotatable bonds is 5. The second-order valence-corrected chi connectivity index (χ2v) is 6.81. The van der Waals surface area contributed by atoms with Gasteiger partial charge < -0.3 is 13.7 Å². The highest BCUT2D eigenvalue weighted by atomic mass is 28.2. The summed E-state index contributed by atoms with van der Waals surface area (Å²) in [5.41, 5.74) is 0. The first kappa shape index (κ1) is 14.6. The van der Waals surface area contributed by atoms with Gasteiger partial charge >= 0.3 is 6.98 Å². The Hall–Kier alpha value is -0.793. The van der Waals surface area contributed by atoms with Gasteiger partial charge in [0.25, 0.3) is 6.98 Å². The molecule has 1 fully saturated rings. The van der Waals surface area contributed by atoms with Crippen LogP contribution in [0.2, 0.25) is 13.6 Å². The van der Waals surface area contributed by atoms with E-state index in [-0.39, 0.29) is 9.84 Å². The molecule has 1 aromatic heterocycles. The molecule has 2 heterocycles. The minimum atomic E-state index is 0.0591. The van der Waals surface area contributed by atoms with E-state index in [1.54, 1.807) is 6.33 Å². The fourth-order valence-electron chi connectivity index (χ4n) is 2.57. The normalized spacial score (nSPS) is 18.4. The lowest BCUT2D eigenvalue weighted by Gasteiger charge is -2.47. The average Bonchev–Trinajstić information content (AvgIpc) is 2.92. The van der Waals surface area contributed by atoms with Gasteiger partial charge in [-0.1, -0.05) is 33.4 Å². The summed E-state index contributed by atoms with van der Waals surface area (Å²) < 4.78 is 7.32. The Morgan fingerprint density at radius 1 is 1.32 bits per heavy atom. The van der Waals surface area contributed by atoms with E-state index in [1.165, 1.54) is 19.3 Å². The number of H-pyrrole nitrogens is 1. The molecular formula is C10H23B2N6Si. The molecule has 0 aliphatic carbocycles. The molecule has 0 unspecified atom stereocenters. The maximum atomic E-state index is 4.31. The molecular weight excluding hydrogens is 254 g/mol. The molecule has 0 bridgehead atoms. The van der Waals surface area contributed by atoms with Crippen LogP contribution in [0.15, 0.2) is 6.33 Å². The third kappa shape index (κ3) is 3.21. The fourth-order valence-corrected chi connectivity index (χ4v) is 3.92. The number of unbranched alkanes of at least 4 members (excludes halogenated alkanes) is 2. The average molecular weight is 277 g/mol. The Labute approximate surface area is 119 Å². The number of hydrogen-bond donors (Lipinski definition) is 1. The molecule has 0 amide bonds. The Morgan fingerprint density at radius 2 is 2.11 bits per heavy atom. The third-order valence-corrected chi connectivity index (χ3v) is 5.65. The van der Waals surface area contributed by atoms with Crippen LogP contribution in [0.1, 0.15) is 26.2 Å². The predicted octanol–water partition coefficient (Wildman–Crippen LogP) is 0.551. The first-order valence-electron chi connectivity index (χ1n) is 7.11. The molecule has 1 aliphatic rings. The van der Waals surface area contributed by atoms with E-state index < -0.39 is 0 Å². The van der Waals surface area contributed by atoms with Gasteiger partial charge in [0.2, 0.25) is 15.8 Å². The van der Waals surface area contributed by atoms with Crippen LogP contribution in [0.5, 0.6) is 0 Å². The molecule has 19 heavy (non-hydrogen) atoms. The molecule has 0 aromatic carbocycles. The smallest absolute Gasteiger partial charge is 0.323 e. The molecule has 1 saturated heterocycles. The number of nitrogens with zero attached hydrogens (tertiary/aromatic N) is 5. The van der Waals surface area contributed by atoms with Crippen LogP contribution in [0, 0.1) is 0 Å². The van der Waals surface area contributed by atoms with Gasteiger partial charge in [0, 0.05) is 0 Å². The molecule has 0 atom stereocenters. The van der Waals surface area contributed by atoms with Crippen LogP contribution in [0.25, 0.3) is 0 Å². The van der Waals surface area contributed by atoms with Crippen molar-refractivity contribution in [1.82, 2.24) is 24.4 Å². The zero-order chi connectivity index (χ0) is 13.8. The molecule has 1 N–H and O–H groups in total. The third-order valence-electron chi connectivity index (χ3n) is 3.93. The van der Waals surface area contributed by atoms with Crippen molar-refractivity contribution in [2.75, 3.05) is 18.1 Å². The molecule has 1 aliphatic heterocycles. The van der Waals surface area contributed by atoms with Crippen LogP contribution in [-0.4, -0.2) is 61.8 Å². The van der Waals surface area contributed by atoms with Crippen molar-refractivity contribution in [3.63, 3.8) is 0 Å². The van der Waals surface area contributed by atoms with Crippen molar-refractivity contribution in [3.05, 3.63) is 6.33 Å². The quantitative estimate of drug-likeness (QED) is 0.629. The van der Waals surface area contributed by atoms with Gasteiger partial charge in [-0.05, 0) is 20.0 Å². The molecule has 9 heteroatoms. The highest BCUT2D eigenvalue weighted by molar-refractivity contribution is 6.86. The summed E-state index contributed by atoms with van der Waals surface area (Å²) in [4.78, 5) is 4.31. The maximum Gasteiger partial charge on any atom is 0.323 e. The zero-order valence-corrected chi connectivity index (χ0v) is 13.5. The van der Waals surface area contributed by atoms with Gasteiger partial charge in [0.05, 0.1) is 0 Å². The van der Waals surface area contributed by atoms with Crippen molar-refractivity contribution in [3.8, 4) is 0 Å². The van der Waals surface area contributed by atoms with Crippen molar-refractivity contribution in [2.24, 2.45) is 0 Å². The SMILES string of the molecule is CCCCCN1B(C)N(C)[SiH]N(c2ncn[nH]2)B1C. The number of hydrogen-bond acceptors (Lipinski definition) is 5. The lowest BCUT2D eigenvalue weighted by atomic mass is 9.62. The zero-order valence-electron chi connectivity index (χ0n) is 12.4. The fraction of sp³-hybridized carbons (Fsp3) is 0.800. The second-order valence-electron chi connectivity index (χ2n) is 5.21. The Bertz CT molecular complexity index is 378. The van der Waals surface area contributed by atoms with Crippen LogP contribution in [0.3, 0.4) is 0 Å². The molecule has 0 saturated carbocycles. The summed E-state index contributed by atoms with van der Waals surface area (Å²) in [6.07, 6.45) is 5.41. The van der Waals surface area contributed by atoms with E-state index in [0.29, 0.717) is 14.0 Å². The number of aromatic nitrogens is 3. The second kappa shape index (κ2) is 6.58. The minimum Gasteiger partial charge on any atom is -0.389 e. The predicted molar refractivity (Wildman–Crippen MR) is 83.2 cm³/mol. The van der Waals surface area contributed by atoms with Gasteiger partial charge in [-0.2, -0.15) is 5.10 Å². The van der Waals surface area contributed by atoms with E-state index in [2.05, 4.69) is 56.5 Å². The van der Waals surface area contributed by atoms with E-state index in [0.717, 1.165) is 12.5 Å². The number of aromatic amines is 1. The Balaban J connectivity index is 2.07. The molecule has 103 valence electrons. The van der Waals surface area contributed by atoms with Crippen molar-refractivity contribution in [2.45, 2.75) is 39.8 Å². The summed E-state index contributed by atoms with van der Waals surface area (Å²) in [6.45, 7) is 8.84. The van der Waals surface area contributed by atoms with Gasteiger partial charge in [0.15, 0.2) is 0 Å². The van der Waals surface area contributed by atoms with Crippen LogP contribution in [0.4, 0.5) is 5.95 Å². The highest BCUT2D eigenvalue weighted by Crippen LogP contribution is 2.18. The summed E-state index contributed by atoms with van der Waals surface area (Å²) in [5, 5.41) is 6.97.